The van der Waals surface area contributed by atoms with Crippen LogP contribution in [0.1, 0.15) is 39.2 Å². The van der Waals surface area contributed by atoms with E-state index in [1.54, 1.807) is 7.05 Å². The normalized spacial score (nSPS) is 11.4. The molecule has 0 unspecified atom stereocenters. The summed E-state index contributed by atoms with van der Waals surface area (Å²) in [5, 5.41) is 6.90. The summed E-state index contributed by atoms with van der Waals surface area (Å²) in [5.41, 5.74) is 5.03. The summed E-state index contributed by atoms with van der Waals surface area (Å²) in [6, 6.07) is 8.12. The minimum atomic E-state index is 0.0402. The largest absolute Gasteiger partial charge is 0.494 e. The van der Waals surface area contributed by atoms with Gasteiger partial charge in [-0.1, -0.05) is 0 Å². The van der Waals surface area contributed by atoms with Gasteiger partial charge in [0, 0.05) is 19.5 Å². The molecule has 5 heteroatoms. The molecule has 21 heavy (non-hydrogen) atoms. The van der Waals surface area contributed by atoms with Gasteiger partial charge >= 0.3 is 0 Å². The number of hydrogen-bond donors (Lipinski definition) is 2. The van der Waals surface area contributed by atoms with Crippen molar-refractivity contribution in [3.63, 3.8) is 0 Å². The van der Waals surface area contributed by atoms with E-state index in [-0.39, 0.29) is 5.91 Å². The lowest BCUT2D eigenvalue weighted by Crippen LogP contribution is -2.18. The minimum absolute atomic E-state index is 0.0402. The molecule has 0 aliphatic heterocycles. The van der Waals surface area contributed by atoms with Crippen LogP contribution in [-0.4, -0.2) is 31.3 Å². The molecular weight excluding hydrogens is 266 g/mol. The third kappa shape index (κ3) is 6.79. The van der Waals surface area contributed by atoms with E-state index in [1.165, 1.54) is 0 Å². The lowest BCUT2D eigenvalue weighted by atomic mass is 10.1. The second-order valence-electron chi connectivity index (χ2n) is 5.13. The zero-order valence-corrected chi connectivity index (χ0v) is 13.3. The summed E-state index contributed by atoms with van der Waals surface area (Å²) < 4.78 is 5.60. The van der Waals surface area contributed by atoms with Crippen molar-refractivity contribution < 1.29 is 9.53 Å². The highest BCUT2D eigenvalue weighted by molar-refractivity contribution is 5.98. The summed E-state index contributed by atoms with van der Waals surface area (Å²) in [7, 11) is 1.64. The van der Waals surface area contributed by atoms with Gasteiger partial charge in [0.05, 0.1) is 12.3 Å². The van der Waals surface area contributed by atoms with Crippen molar-refractivity contribution in [3.05, 3.63) is 29.8 Å². The minimum Gasteiger partial charge on any atom is -0.494 e. The summed E-state index contributed by atoms with van der Waals surface area (Å²) in [5.74, 6) is 0.846. The maximum atomic E-state index is 11.1. The number of nitrogens with one attached hydrogen (secondary N) is 2. The van der Waals surface area contributed by atoms with Crippen LogP contribution in [0.25, 0.3) is 0 Å². The first kappa shape index (κ1) is 17.0. The standard InChI is InChI=1S/C16H25N3O2/c1-12(2)18-19-13(3)14-7-9-15(10-8-14)21-11-5-6-16(20)17-4/h7-10,12,18H,5-6,11H2,1-4H3,(H,17,20)/b19-13+. The molecule has 0 aliphatic rings. The third-order valence-corrected chi connectivity index (χ3v) is 2.86. The molecule has 2 N–H and O–H groups in total. The molecular formula is C16H25N3O2. The van der Waals surface area contributed by atoms with Crippen LogP contribution in [0.3, 0.4) is 0 Å². The fourth-order valence-corrected chi connectivity index (χ4v) is 1.63. The zero-order chi connectivity index (χ0) is 15.7. The Morgan fingerprint density at radius 2 is 1.95 bits per heavy atom. The quantitative estimate of drug-likeness (QED) is 0.439. The number of rotatable bonds is 8. The number of ether oxygens (including phenoxy) is 1. The maximum Gasteiger partial charge on any atom is 0.219 e. The molecule has 0 bridgehead atoms. The Morgan fingerprint density at radius 1 is 1.29 bits per heavy atom. The van der Waals surface area contributed by atoms with Crippen LogP contribution in [0, 0.1) is 0 Å². The summed E-state index contributed by atoms with van der Waals surface area (Å²) in [6.07, 6.45) is 1.20. The lowest BCUT2D eigenvalue weighted by molar-refractivity contribution is -0.120. The lowest BCUT2D eigenvalue weighted by Gasteiger charge is -2.08. The molecule has 1 amide bonds. The first-order valence-electron chi connectivity index (χ1n) is 7.26. The Kier molecular flexibility index (Phi) is 7.29. The molecule has 0 saturated heterocycles. The molecule has 0 aromatic heterocycles. The number of nitrogens with zero attached hydrogens (tertiary/aromatic N) is 1. The topological polar surface area (TPSA) is 62.7 Å². The van der Waals surface area contributed by atoms with E-state index in [9.17, 15) is 4.79 Å². The smallest absolute Gasteiger partial charge is 0.219 e. The van der Waals surface area contributed by atoms with Gasteiger partial charge in [0.1, 0.15) is 5.75 Å². The van der Waals surface area contributed by atoms with Crippen molar-refractivity contribution in [1.82, 2.24) is 10.7 Å². The van der Waals surface area contributed by atoms with E-state index in [0.717, 1.165) is 17.0 Å². The Labute approximate surface area is 126 Å². The number of carbonyl (C=O) groups excluding carboxylic acids is 1. The van der Waals surface area contributed by atoms with Gasteiger partial charge in [-0.3, -0.25) is 4.79 Å². The fourth-order valence-electron chi connectivity index (χ4n) is 1.63. The first-order valence-corrected chi connectivity index (χ1v) is 7.26. The molecule has 0 radical (unpaired) electrons. The molecule has 0 aliphatic carbocycles. The van der Waals surface area contributed by atoms with Crippen LogP contribution in [0.5, 0.6) is 5.75 Å². The Bertz CT molecular complexity index is 467. The summed E-state index contributed by atoms with van der Waals surface area (Å²) in [4.78, 5) is 11.1. The molecule has 0 spiro atoms. The molecule has 0 fully saturated rings. The molecule has 0 atom stereocenters. The molecule has 0 heterocycles. The van der Waals surface area contributed by atoms with Gasteiger partial charge in [0.2, 0.25) is 5.91 Å². The van der Waals surface area contributed by atoms with Gasteiger partial charge < -0.3 is 15.5 Å². The van der Waals surface area contributed by atoms with Crippen LogP contribution in [0.15, 0.2) is 29.4 Å². The van der Waals surface area contributed by atoms with Gasteiger partial charge in [-0.25, -0.2) is 0 Å². The van der Waals surface area contributed by atoms with Gasteiger partial charge in [0.25, 0.3) is 0 Å². The molecule has 0 saturated carbocycles. The summed E-state index contributed by atoms with van der Waals surface area (Å²) >= 11 is 0. The summed E-state index contributed by atoms with van der Waals surface area (Å²) in [6.45, 7) is 6.60. The Morgan fingerprint density at radius 3 is 2.52 bits per heavy atom. The molecule has 5 nitrogen and oxygen atoms in total. The maximum absolute atomic E-state index is 11.1. The predicted molar refractivity (Wildman–Crippen MR) is 85.7 cm³/mol. The second-order valence-corrected chi connectivity index (χ2v) is 5.13. The van der Waals surface area contributed by atoms with Crippen molar-refractivity contribution in [3.8, 4) is 5.75 Å². The van der Waals surface area contributed by atoms with Crippen molar-refractivity contribution in [2.75, 3.05) is 13.7 Å². The van der Waals surface area contributed by atoms with E-state index in [0.29, 0.717) is 25.5 Å². The van der Waals surface area contributed by atoms with E-state index in [4.69, 9.17) is 4.74 Å². The first-order chi connectivity index (χ1) is 10.0. The average Bonchev–Trinajstić information content (AvgIpc) is 2.49. The van der Waals surface area contributed by atoms with Crippen LogP contribution >= 0.6 is 0 Å². The van der Waals surface area contributed by atoms with Crippen LogP contribution in [-0.2, 0) is 4.79 Å². The highest BCUT2D eigenvalue weighted by Crippen LogP contribution is 2.13. The van der Waals surface area contributed by atoms with E-state index in [1.807, 2.05) is 45.0 Å². The fraction of sp³-hybridized carbons (Fsp3) is 0.500. The molecule has 116 valence electrons. The van der Waals surface area contributed by atoms with Crippen molar-refractivity contribution >= 4 is 11.6 Å². The Balaban J connectivity index is 2.43. The van der Waals surface area contributed by atoms with Gasteiger partial charge in [0.15, 0.2) is 0 Å². The molecule has 1 aromatic carbocycles. The molecule has 1 rings (SSSR count). The SMILES string of the molecule is CNC(=O)CCCOc1ccc(/C(C)=N/NC(C)C)cc1. The van der Waals surface area contributed by atoms with E-state index < -0.39 is 0 Å². The van der Waals surface area contributed by atoms with Gasteiger partial charge in [-0.15, -0.1) is 0 Å². The van der Waals surface area contributed by atoms with Crippen molar-refractivity contribution in [2.45, 2.75) is 39.7 Å². The predicted octanol–water partition coefficient (Wildman–Crippen LogP) is 2.31. The third-order valence-electron chi connectivity index (χ3n) is 2.86. The van der Waals surface area contributed by atoms with Crippen LogP contribution in [0.4, 0.5) is 0 Å². The van der Waals surface area contributed by atoms with E-state index in [2.05, 4.69) is 15.8 Å². The highest BCUT2D eigenvalue weighted by atomic mass is 16.5. The monoisotopic (exact) mass is 291 g/mol. The number of hydrogen-bond acceptors (Lipinski definition) is 4. The number of amides is 1. The number of carbonyl (C=O) groups is 1. The van der Waals surface area contributed by atoms with Gasteiger partial charge in [-0.2, -0.15) is 5.10 Å². The Hall–Kier alpha value is -2.04. The average molecular weight is 291 g/mol. The van der Waals surface area contributed by atoms with Crippen molar-refractivity contribution in [2.24, 2.45) is 5.10 Å². The van der Waals surface area contributed by atoms with Crippen molar-refractivity contribution in [1.29, 1.82) is 0 Å². The van der Waals surface area contributed by atoms with Gasteiger partial charge in [-0.05, 0) is 57.0 Å². The van der Waals surface area contributed by atoms with E-state index >= 15 is 0 Å². The second kappa shape index (κ2) is 9.00. The highest BCUT2D eigenvalue weighted by Gasteiger charge is 2.01. The zero-order valence-electron chi connectivity index (χ0n) is 13.3. The number of hydrazone groups is 1. The molecule has 1 aromatic rings. The van der Waals surface area contributed by atoms with Crippen LogP contribution < -0.4 is 15.5 Å². The van der Waals surface area contributed by atoms with Crippen LogP contribution in [0.2, 0.25) is 0 Å². The number of benzene rings is 1.